The maximum Gasteiger partial charge on any atom is 0.322 e. The van der Waals surface area contributed by atoms with Crippen LogP contribution in [0.3, 0.4) is 0 Å². The Balaban J connectivity index is 5.03. The minimum atomic E-state index is -0.804. The number of thioether (sulfide) groups is 2. The van der Waals surface area contributed by atoms with E-state index in [1.807, 2.05) is 41.5 Å². The Hall–Kier alpha value is -0.430. The van der Waals surface area contributed by atoms with E-state index >= 15 is 0 Å². The van der Waals surface area contributed by atoms with Gasteiger partial charge in [-0.3, -0.25) is 4.79 Å². The second kappa shape index (κ2) is 9.59. The molecule has 0 radical (unpaired) electrons. The van der Waals surface area contributed by atoms with Crippen LogP contribution in [0.1, 0.15) is 89.0 Å². The Morgan fingerprint density at radius 2 is 1.46 bits per heavy atom. The van der Waals surface area contributed by atoms with Crippen LogP contribution in [-0.4, -0.2) is 30.1 Å². The molecule has 0 fully saturated rings. The normalized spacial score (nSPS) is 13.7. The highest BCUT2D eigenvalue weighted by molar-refractivity contribution is 8.48. The average molecular weight is 448 g/mol. The largest absolute Gasteiger partial charge is 0.459 e. The summed E-state index contributed by atoms with van der Waals surface area (Å²) in [5.74, 6) is -0.323. The summed E-state index contributed by atoms with van der Waals surface area (Å²) in [7, 11) is 0. The lowest BCUT2D eigenvalue weighted by atomic mass is 9.86. The Kier molecular flexibility index (Phi) is 9.44. The Labute approximate surface area is 185 Å². The first kappa shape index (κ1) is 27.6. The van der Waals surface area contributed by atoms with Gasteiger partial charge in [0.05, 0.1) is 0 Å². The monoisotopic (exact) mass is 447 g/mol. The van der Waals surface area contributed by atoms with Gasteiger partial charge in [-0.25, -0.2) is 0 Å². The molecule has 0 amide bonds. The molecule has 162 valence electrons. The zero-order chi connectivity index (χ0) is 22.6. The molecule has 0 aliphatic heterocycles. The van der Waals surface area contributed by atoms with Gasteiger partial charge in [0, 0.05) is 15.2 Å². The number of azide groups is 1. The van der Waals surface area contributed by atoms with Crippen molar-refractivity contribution in [1.82, 2.24) is 0 Å². The molecule has 0 spiro atoms. The second-order valence-electron chi connectivity index (χ2n) is 10.8. The first-order chi connectivity index (χ1) is 12.2. The lowest BCUT2D eigenvalue weighted by molar-refractivity contribution is -0.160. The maximum absolute atomic E-state index is 12.8. The minimum absolute atomic E-state index is 0.0130. The molecule has 0 bridgehead atoms. The van der Waals surface area contributed by atoms with Crippen LogP contribution in [0.4, 0.5) is 0 Å². The van der Waals surface area contributed by atoms with E-state index < -0.39 is 15.9 Å². The van der Waals surface area contributed by atoms with Crippen molar-refractivity contribution < 1.29 is 9.53 Å². The van der Waals surface area contributed by atoms with E-state index in [4.69, 9.17) is 22.5 Å². The van der Waals surface area contributed by atoms with Crippen LogP contribution in [0.2, 0.25) is 0 Å². The SMILES string of the molecule is CC(C)(C)CC(C)(C)SC(=S)SC(C)(C)C(=O)OC(C)(C)CC(C)(C)N=[N+]=[N-]. The van der Waals surface area contributed by atoms with Crippen molar-refractivity contribution in [3.05, 3.63) is 10.4 Å². The topological polar surface area (TPSA) is 75.1 Å². The van der Waals surface area contributed by atoms with Gasteiger partial charge in [-0.2, -0.15) is 0 Å². The van der Waals surface area contributed by atoms with Crippen LogP contribution in [0.25, 0.3) is 10.4 Å². The standard InChI is InChI=1S/C20H37N3O2S3/c1-16(2,3)12-19(8,9)27-15(26)28-20(10,11)14(24)25-18(6,7)13-17(4,5)22-23-21/h12-13H2,1-11H3. The predicted molar refractivity (Wildman–Crippen MR) is 128 cm³/mol. The van der Waals surface area contributed by atoms with Crippen molar-refractivity contribution in [2.24, 2.45) is 10.5 Å². The van der Waals surface area contributed by atoms with Gasteiger partial charge in [-0.15, -0.1) is 11.8 Å². The molecule has 28 heavy (non-hydrogen) atoms. The lowest BCUT2D eigenvalue weighted by Crippen LogP contribution is -2.41. The summed E-state index contributed by atoms with van der Waals surface area (Å²) < 4.78 is 5.71. The van der Waals surface area contributed by atoms with Crippen molar-refractivity contribution in [2.75, 3.05) is 0 Å². The zero-order valence-corrected chi connectivity index (χ0v) is 21.7. The molecule has 0 heterocycles. The average Bonchev–Trinajstić information content (AvgIpc) is 2.30. The minimum Gasteiger partial charge on any atom is -0.459 e. The molecule has 0 rings (SSSR count). The van der Waals surface area contributed by atoms with Crippen LogP contribution in [0, 0.1) is 5.41 Å². The summed E-state index contributed by atoms with van der Waals surface area (Å²) in [6, 6.07) is 0. The summed E-state index contributed by atoms with van der Waals surface area (Å²) in [6.45, 7) is 22.0. The van der Waals surface area contributed by atoms with Crippen molar-refractivity contribution in [1.29, 1.82) is 0 Å². The zero-order valence-electron chi connectivity index (χ0n) is 19.3. The second-order valence-corrected chi connectivity index (χ2v) is 15.3. The number of esters is 1. The predicted octanol–water partition coefficient (Wildman–Crippen LogP) is 7.53. The number of carbonyl (C=O) groups excluding carboxylic acids is 1. The molecule has 0 unspecified atom stereocenters. The summed E-state index contributed by atoms with van der Waals surface area (Å²) in [4.78, 5) is 15.7. The fraction of sp³-hybridized carbons (Fsp3) is 0.900. The molecule has 0 saturated carbocycles. The molecule has 0 aromatic heterocycles. The molecule has 5 nitrogen and oxygen atoms in total. The van der Waals surface area contributed by atoms with Crippen molar-refractivity contribution in [3.63, 3.8) is 0 Å². The summed E-state index contributed by atoms with van der Waals surface area (Å²) >= 11 is 8.59. The number of carbonyl (C=O) groups is 1. The lowest BCUT2D eigenvalue weighted by Gasteiger charge is -2.35. The summed E-state index contributed by atoms with van der Waals surface area (Å²) in [6.07, 6.45) is 1.44. The van der Waals surface area contributed by atoms with Crippen molar-refractivity contribution in [3.8, 4) is 0 Å². The van der Waals surface area contributed by atoms with E-state index in [0.29, 0.717) is 6.42 Å². The van der Waals surface area contributed by atoms with Gasteiger partial charge in [-0.05, 0) is 51.5 Å². The smallest absolute Gasteiger partial charge is 0.322 e. The van der Waals surface area contributed by atoms with Gasteiger partial charge in [-0.1, -0.05) is 77.6 Å². The first-order valence-corrected chi connectivity index (χ1v) is 11.5. The van der Waals surface area contributed by atoms with E-state index in [-0.39, 0.29) is 16.1 Å². The fourth-order valence-corrected chi connectivity index (χ4v) is 7.69. The van der Waals surface area contributed by atoms with Gasteiger partial charge in [0.1, 0.15) is 13.9 Å². The highest BCUT2D eigenvalue weighted by Crippen LogP contribution is 2.43. The molecule has 0 aliphatic rings. The van der Waals surface area contributed by atoms with Crippen LogP contribution >= 0.6 is 35.7 Å². The molecule has 0 aromatic carbocycles. The molecule has 0 N–H and O–H groups in total. The van der Waals surface area contributed by atoms with Crippen molar-refractivity contribution in [2.45, 2.75) is 110 Å². The van der Waals surface area contributed by atoms with E-state index in [9.17, 15) is 4.79 Å². The van der Waals surface area contributed by atoms with Gasteiger partial charge in [0.2, 0.25) is 0 Å². The Bertz CT molecular complexity index is 629. The number of ether oxygens (including phenoxy) is 1. The van der Waals surface area contributed by atoms with Crippen LogP contribution in [-0.2, 0) is 9.53 Å². The highest BCUT2D eigenvalue weighted by atomic mass is 32.2. The van der Waals surface area contributed by atoms with Crippen LogP contribution in [0.15, 0.2) is 5.11 Å². The third-order valence-corrected chi connectivity index (χ3v) is 6.40. The van der Waals surface area contributed by atoms with Gasteiger partial charge < -0.3 is 4.74 Å². The highest BCUT2D eigenvalue weighted by Gasteiger charge is 2.39. The molecule has 0 aliphatic carbocycles. The maximum atomic E-state index is 12.8. The van der Waals surface area contributed by atoms with E-state index in [2.05, 4.69) is 44.6 Å². The van der Waals surface area contributed by atoms with E-state index in [0.717, 1.165) is 9.95 Å². The van der Waals surface area contributed by atoms with Gasteiger partial charge in [0.25, 0.3) is 0 Å². The number of hydrogen-bond acceptors (Lipinski definition) is 6. The van der Waals surface area contributed by atoms with Crippen LogP contribution in [0.5, 0.6) is 0 Å². The third-order valence-electron chi connectivity index (χ3n) is 3.69. The van der Waals surface area contributed by atoms with E-state index in [1.54, 1.807) is 11.8 Å². The molecular formula is C20H37N3O2S3. The number of rotatable bonds is 8. The summed E-state index contributed by atoms with van der Waals surface area (Å²) in [5, 5.41) is 3.79. The number of nitrogens with zero attached hydrogens (tertiary/aromatic N) is 3. The van der Waals surface area contributed by atoms with Crippen molar-refractivity contribution >= 4 is 45.2 Å². The molecule has 0 saturated heterocycles. The van der Waals surface area contributed by atoms with Gasteiger partial charge in [0.15, 0.2) is 0 Å². The molecular weight excluding hydrogens is 410 g/mol. The summed E-state index contributed by atoms with van der Waals surface area (Å²) in [5.41, 5.74) is 7.51. The Morgan fingerprint density at radius 3 is 1.89 bits per heavy atom. The quantitative estimate of drug-likeness (QED) is 0.126. The molecule has 0 aromatic rings. The van der Waals surface area contributed by atoms with Crippen LogP contribution < -0.4 is 0 Å². The van der Waals surface area contributed by atoms with Gasteiger partial charge >= 0.3 is 5.97 Å². The number of thiocarbonyl (C=S) groups is 1. The first-order valence-electron chi connectivity index (χ1n) is 9.42. The third kappa shape index (κ3) is 11.5. The Morgan fingerprint density at radius 1 is 0.964 bits per heavy atom. The molecule has 0 atom stereocenters. The molecule has 8 heteroatoms. The fourth-order valence-electron chi connectivity index (χ4n) is 3.42. The van der Waals surface area contributed by atoms with E-state index in [1.165, 1.54) is 11.8 Å². The number of hydrogen-bond donors (Lipinski definition) is 0.